The van der Waals surface area contributed by atoms with E-state index in [0.29, 0.717) is 0 Å². The van der Waals surface area contributed by atoms with Gasteiger partial charge in [-0.3, -0.25) is 4.98 Å². The second-order valence-electron chi connectivity index (χ2n) is 4.81. The molecule has 0 unspecified atom stereocenters. The van der Waals surface area contributed by atoms with Gasteiger partial charge >= 0.3 is 0 Å². The first-order chi connectivity index (χ1) is 9.65. The largest absolute Gasteiger partial charge is 0.398 e. The molecular formula is C15H16N4S. The maximum absolute atomic E-state index is 6.01. The number of aryl methyl sites for hydroxylation is 1. The maximum Gasteiger partial charge on any atom is 0.0898 e. The van der Waals surface area contributed by atoms with Crippen molar-refractivity contribution < 1.29 is 0 Å². The smallest absolute Gasteiger partial charge is 0.0898 e. The Balaban J connectivity index is 1.99. The molecule has 102 valence electrons. The summed E-state index contributed by atoms with van der Waals surface area (Å²) in [6.07, 6.45) is 3.61. The number of thiazole rings is 1. The van der Waals surface area contributed by atoms with E-state index >= 15 is 0 Å². The minimum atomic E-state index is 0.759. The number of aromatic nitrogens is 2. The Morgan fingerprint density at radius 3 is 2.85 bits per heavy atom. The molecule has 0 bridgehead atoms. The van der Waals surface area contributed by atoms with Crippen molar-refractivity contribution in [3.63, 3.8) is 0 Å². The normalized spacial score (nSPS) is 10.9. The standard InChI is InChI=1S/C15H16N4S/c1-10-18-11(9-20-10)8-19(2)15-4-3-14(16)13-7-17-6-5-12(13)15/h3-7,9H,8,16H2,1-2H3. The SMILES string of the molecule is Cc1nc(CN(C)c2ccc(N)c3cnccc23)cs1. The third kappa shape index (κ3) is 2.32. The third-order valence-electron chi connectivity index (χ3n) is 3.31. The Morgan fingerprint density at radius 2 is 2.10 bits per heavy atom. The molecule has 2 aromatic heterocycles. The van der Waals surface area contributed by atoms with Crippen LogP contribution in [0.15, 0.2) is 36.0 Å². The van der Waals surface area contributed by atoms with E-state index in [1.165, 1.54) is 0 Å². The fourth-order valence-electron chi connectivity index (χ4n) is 2.34. The summed E-state index contributed by atoms with van der Waals surface area (Å²) in [6, 6.07) is 5.99. The molecule has 0 radical (unpaired) electrons. The van der Waals surface area contributed by atoms with Gasteiger partial charge in [-0.05, 0) is 25.1 Å². The van der Waals surface area contributed by atoms with E-state index in [2.05, 4.69) is 33.4 Å². The maximum atomic E-state index is 6.01. The van der Waals surface area contributed by atoms with E-state index in [0.717, 1.165) is 39.4 Å². The number of hydrogen-bond donors (Lipinski definition) is 1. The number of hydrogen-bond acceptors (Lipinski definition) is 5. The zero-order valence-electron chi connectivity index (χ0n) is 11.5. The number of nitrogens with zero attached hydrogens (tertiary/aromatic N) is 3. The van der Waals surface area contributed by atoms with Crippen LogP contribution in [0.3, 0.4) is 0 Å². The molecular weight excluding hydrogens is 268 g/mol. The first kappa shape index (κ1) is 12.9. The van der Waals surface area contributed by atoms with Crippen molar-refractivity contribution in [2.45, 2.75) is 13.5 Å². The molecule has 0 aliphatic heterocycles. The van der Waals surface area contributed by atoms with Crippen molar-refractivity contribution in [2.24, 2.45) is 0 Å². The highest BCUT2D eigenvalue weighted by Crippen LogP contribution is 2.30. The second-order valence-corrected chi connectivity index (χ2v) is 5.87. The summed E-state index contributed by atoms with van der Waals surface area (Å²) in [5, 5.41) is 5.31. The second kappa shape index (κ2) is 5.09. The van der Waals surface area contributed by atoms with Crippen LogP contribution in [0.25, 0.3) is 10.8 Å². The Morgan fingerprint density at radius 1 is 1.25 bits per heavy atom. The predicted molar refractivity (Wildman–Crippen MR) is 85.1 cm³/mol. The molecule has 0 atom stereocenters. The van der Waals surface area contributed by atoms with Gasteiger partial charge in [-0.2, -0.15) is 0 Å². The molecule has 1 aromatic carbocycles. The van der Waals surface area contributed by atoms with Crippen LogP contribution in [0.1, 0.15) is 10.7 Å². The highest BCUT2D eigenvalue weighted by Gasteiger charge is 2.10. The number of anilines is 2. The summed E-state index contributed by atoms with van der Waals surface area (Å²) in [6.45, 7) is 2.81. The number of benzene rings is 1. The number of rotatable bonds is 3. The fourth-order valence-corrected chi connectivity index (χ4v) is 2.94. The van der Waals surface area contributed by atoms with Crippen LogP contribution in [0, 0.1) is 6.92 Å². The van der Waals surface area contributed by atoms with Crippen LogP contribution >= 0.6 is 11.3 Å². The Labute approximate surface area is 121 Å². The van der Waals surface area contributed by atoms with Gasteiger partial charge in [-0.15, -0.1) is 11.3 Å². The molecule has 20 heavy (non-hydrogen) atoms. The zero-order valence-corrected chi connectivity index (χ0v) is 12.3. The molecule has 2 heterocycles. The molecule has 4 nitrogen and oxygen atoms in total. The van der Waals surface area contributed by atoms with E-state index in [9.17, 15) is 0 Å². The molecule has 3 rings (SSSR count). The lowest BCUT2D eigenvalue weighted by Gasteiger charge is -2.20. The van der Waals surface area contributed by atoms with Crippen molar-refractivity contribution >= 4 is 33.5 Å². The highest BCUT2D eigenvalue weighted by molar-refractivity contribution is 7.09. The summed E-state index contributed by atoms with van der Waals surface area (Å²) in [5.41, 5.74) is 9.00. The first-order valence-corrected chi connectivity index (χ1v) is 7.27. The van der Waals surface area contributed by atoms with Crippen LogP contribution in [0.4, 0.5) is 11.4 Å². The summed E-state index contributed by atoms with van der Waals surface area (Å²) >= 11 is 1.68. The van der Waals surface area contributed by atoms with Crippen LogP contribution < -0.4 is 10.6 Å². The predicted octanol–water partition coefficient (Wildman–Crippen LogP) is 3.22. The Kier molecular flexibility index (Phi) is 3.28. The van der Waals surface area contributed by atoms with Crippen molar-refractivity contribution in [1.82, 2.24) is 9.97 Å². The number of pyridine rings is 1. The van der Waals surface area contributed by atoms with Crippen LogP contribution in [0.5, 0.6) is 0 Å². The molecule has 0 spiro atoms. The summed E-state index contributed by atoms with van der Waals surface area (Å²) in [4.78, 5) is 10.9. The molecule has 5 heteroatoms. The van der Waals surface area contributed by atoms with Gasteiger partial charge in [0.1, 0.15) is 0 Å². The van der Waals surface area contributed by atoms with Crippen molar-refractivity contribution in [2.75, 3.05) is 17.7 Å². The quantitative estimate of drug-likeness (QED) is 0.750. The molecule has 0 saturated carbocycles. The van der Waals surface area contributed by atoms with Gasteiger partial charge < -0.3 is 10.6 Å². The molecule has 0 aliphatic rings. The van der Waals surface area contributed by atoms with Crippen LogP contribution in [-0.4, -0.2) is 17.0 Å². The summed E-state index contributed by atoms with van der Waals surface area (Å²) < 4.78 is 0. The molecule has 0 aliphatic carbocycles. The fraction of sp³-hybridized carbons (Fsp3) is 0.200. The van der Waals surface area contributed by atoms with Gasteiger partial charge in [-0.25, -0.2) is 4.98 Å². The van der Waals surface area contributed by atoms with Gasteiger partial charge in [-0.1, -0.05) is 0 Å². The average molecular weight is 284 g/mol. The average Bonchev–Trinajstić information content (AvgIpc) is 2.84. The van der Waals surface area contributed by atoms with Crippen molar-refractivity contribution in [3.05, 3.63) is 46.7 Å². The molecule has 0 fully saturated rings. The minimum absolute atomic E-state index is 0.759. The van der Waals surface area contributed by atoms with E-state index in [-0.39, 0.29) is 0 Å². The van der Waals surface area contributed by atoms with E-state index in [1.54, 1.807) is 17.5 Å². The lowest BCUT2D eigenvalue weighted by molar-refractivity contribution is 0.894. The van der Waals surface area contributed by atoms with Gasteiger partial charge in [0.25, 0.3) is 0 Å². The Hall–Kier alpha value is -2.14. The molecule has 0 saturated heterocycles. The third-order valence-corrected chi connectivity index (χ3v) is 4.13. The molecule has 2 N–H and O–H groups in total. The van der Waals surface area contributed by atoms with Gasteiger partial charge in [0.15, 0.2) is 0 Å². The monoisotopic (exact) mass is 284 g/mol. The van der Waals surface area contributed by atoms with Gasteiger partial charge in [0, 0.05) is 47.0 Å². The lowest BCUT2D eigenvalue weighted by atomic mass is 10.1. The van der Waals surface area contributed by atoms with Gasteiger partial charge in [0.05, 0.1) is 17.2 Å². The highest BCUT2D eigenvalue weighted by atomic mass is 32.1. The lowest BCUT2D eigenvalue weighted by Crippen LogP contribution is -2.17. The topological polar surface area (TPSA) is 55.0 Å². The van der Waals surface area contributed by atoms with Gasteiger partial charge in [0.2, 0.25) is 0 Å². The van der Waals surface area contributed by atoms with E-state index < -0.39 is 0 Å². The number of nitrogens with two attached hydrogens (primary N) is 1. The molecule has 0 amide bonds. The van der Waals surface area contributed by atoms with Crippen LogP contribution in [0.2, 0.25) is 0 Å². The van der Waals surface area contributed by atoms with Crippen LogP contribution in [-0.2, 0) is 6.54 Å². The minimum Gasteiger partial charge on any atom is -0.398 e. The zero-order chi connectivity index (χ0) is 14.1. The number of nitrogen functional groups attached to an aromatic ring is 1. The first-order valence-electron chi connectivity index (χ1n) is 6.39. The summed E-state index contributed by atoms with van der Waals surface area (Å²) in [7, 11) is 2.07. The van der Waals surface area contributed by atoms with E-state index in [1.807, 2.05) is 25.3 Å². The van der Waals surface area contributed by atoms with Crippen molar-refractivity contribution in [3.8, 4) is 0 Å². The Bertz CT molecular complexity index is 750. The van der Waals surface area contributed by atoms with Crippen molar-refractivity contribution in [1.29, 1.82) is 0 Å². The molecule has 3 aromatic rings. The van der Waals surface area contributed by atoms with E-state index in [4.69, 9.17) is 5.73 Å². The summed E-state index contributed by atoms with van der Waals surface area (Å²) in [5.74, 6) is 0. The number of fused-ring (bicyclic) bond motifs is 1.